The van der Waals surface area contributed by atoms with Crippen molar-refractivity contribution >= 4 is 5.97 Å². The number of carbonyl (C=O) groups is 1. The molecule has 2 nitrogen and oxygen atoms in total. The highest BCUT2D eigenvalue weighted by atomic mass is 16.4. The minimum Gasteiger partial charge on any atom is -0.478 e. The van der Waals surface area contributed by atoms with Gasteiger partial charge in [0.05, 0.1) is 5.56 Å². The summed E-state index contributed by atoms with van der Waals surface area (Å²) in [7, 11) is 0. The Morgan fingerprint density at radius 2 is 1.69 bits per heavy atom. The van der Waals surface area contributed by atoms with Crippen LogP contribution in [0.4, 0.5) is 0 Å². The zero-order valence-corrected chi connectivity index (χ0v) is 15.8. The first kappa shape index (κ1) is 18.7. The maximum absolute atomic E-state index is 11.0. The maximum atomic E-state index is 11.0. The molecule has 2 aromatic rings. The van der Waals surface area contributed by atoms with Crippen LogP contribution in [0.25, 0.3) is 11.1 Å². The van der Waals surface area contributed by atoms with Gasteiger partial charge in [-0.25, -0.2) is 4.79 Å². The van der Waals surface area contributed by atoms with E-state index in [2.05, 4.69) is 25.1 Å². The number of aromatic carboxylic acids is 1. The van der Waals surface area contributed by atoms with E-state index in [-0.39, 0.29) is 0 Å². The summed E-state index contributed by atoms with van der Waals surface area (Å²) in [6, 6.07) is 14.0. The lowest BCUT2D eigenvalue weighted by Crippen LogP contribution is -2.14. The van der Waals surface area contributed by atoms with Gasteiger partial charge in [-0.05, 0) is 59.6 Å². The smallest absolute Gasteiger partial charge is 0.335 e. The minimum atomic E-state index is -0.872. The van der Waals surface area contributed by atoms with Crippen LogP contribution in [0.2, 0.25) is 0 Å². The molecule has 1 aliphatic carbocycles. The van der Waals surface area contributed by atoms with E-state index in [1.165, 1.54) is 74.5 Å². The third-order valence-corrected chi connectivity index (χ3v) is 5.72. The van der Waals surface area contributed by atoms with Crippen molar-refractivity contribution in [3.05, 3.63) is 59.2 Å². The van der Waals surface area contributed by atoms with E-state index in [1.54, 1.807) is 12.1 Å². The molecule has 3 rings (SSSR count). The lowest BCUT2D eigenvalue weighted by atomic mass is 9.80. The van der Waals surface area contributed by atoms with E-state index in [0.717, 1.165) is 11.5 Å². The predicted octanol–water partition coefficient (Wildman–Crippen LogP) is 6.52. The lowest BCUT2D eigenvalue weighted by molar-refractivity contribution is 0.0697. The molecule has 0 radical (unpaired) electrons. The van der Waals surface area contributed by atoms with E-state index >= 15 is 0 Å². The van der Waals surface area contributed by atoms with Crippen molar-refractivity contribution in [2.24, 2.45) is 5.92 Å². The fourth-order valence-electron chi connectivity index (χ4n) is 4.10. The third kappa shape index (κ3) is 4.75. The topological polar surface area (TPSA) is 37.3 Å². The number of rotatable bonds is 8. The summed E-state index contributed by atoms with van der Waals surface area (Å²) in [4.78, 5) is 11.0. The maximum Gasteiger partial charge on any atom is 0.335 e. The first-order valence-corrected chi connectivity index (χ1v) is 10.1. The second kappa shape index (κ2) is 9.02. The third-order valence-electron chi connectivity index (χ3n) is 5.72. The molecule has 0 spiro atoms. The molecule has 0 aliphatic heterocycles. The lowest BCUT2D eigenvalue weighted by Gasteiger charge is -2.25. The van der Waals surface area contributed by atoms with Crippen molar-refractivity contribution in [1.29, 1.82) is 0 Å². The van der Waals surface area contributed by atoms with Crippen LogP contribution in [0.1, 0.15) is 73.4 Å². The first-order chi connectivity index (χ1) is 12.7. The van der Waals surface area contributed by atoms with Crippen LogP contribution in [0.5, 0.6) is 0 Å². The molecule has 1 N–H and O–H groups in total. The van der Waals surface area contributed by atoms with E-state index in [0.29, 0.717) is 5.56 Å². The number of hydrogen-bond donors (Lipinski definition) is 1. The number of carboxylic acids is 1. The highest BCUT2D eigenvalue weighted by Crippen LogP contribution is 2.32. The molecule has 0 fully saturated rings. The summed E-state index contributed by atoms with van der Waals surface area (Å²) in [5.74, 6) is -0.0208. The quantitative estimate of drug-likeness (QED) is 0.550. The van der Waals surface area contributed by atoms with Crippen molar-refractivity contribution in [3.8, 4) is 11.1 Å². The van der Waals surface area contributed by atoms with Crippen molar-refractivity contribution in [3.63, 3.8) is 0 Å². The van der Waals surface area contributed by atoms with Crippen LogP contribution in [0.3, 0.4) is 0 Å². The van der Waals surface area contributed by atoms with E-state index in [1.807, 2.05) is 12.1 Å². The molecule has 1 unspecified atom stereocenters. The van der Waals surface area contributed by atoms with Gasteiger partial charge >= 0.3 is 5.97 Å². The summed E-state index contributed by atoms with van der Waals surface area (Å²) in [5.41, 5.74) is 5.62. The Morgan fingerprint density at radius 3 is 2.42 bits per heavy atom. The second-order valence-electron chi connectivity index (χ2n) is 7.68. The Balaban J connectivity index is 1.61. The van der Waals surface area contributed by atoms with Crippen LogP contribution in [-0.2, 0) is 12.8 Å². The fraction of sp³-hybridized carbons (Fsp3) is 0.458. The average Bonchev–Trinajstić information content (AvgIpc) is 2.67. The molecule has 0 saturated carbocycles. The van der Waals surface area contributed by atoms with Gasteiger partial charge in [0.15, 0.2) is 0 Å². The van der Waals surface area contributed by atoms with Gasteiger partial charge in [-0.1, -0.05) is 75.8 Å². The standard InChI is InChI=1S/C24H30O2/c1-2-3-4-5-6-7-18-8-9-23-17-22(15-14-21(23)16-18)19-10-12-20(13-11-19)24(25)26/h10-15,17-18H,2-9,16H2,1H3,(H,25,26). The highest BCUT2D eigenvalue weighted by Gasteiger charge is 2.18. The molecule has 0 aromatic heterocycles. The van der Waals surface area contributed by atoms with Gasteiger partial charge in [0.2, 0.25) is 0 Å². The van der Waals surface area contributed by atoms with Gasteiger partial charge in [0, 0.05) is 0 Å². The zero-order chi connectivity index (χ0) is 18.4. The monoisotopic (exact) mass is 350 g/mol. The molecule has 0 bridgehead atoms. The number of hydrogen-bond acceptors (Lipinski definition) is 1. The summed E-state index contributed by atoms with van der Waals surface area (Å²) in [5, 5.41) is 9.03. The van der Waals surface area contributed by atoms with Crippen LogP contribution in [0.15, 0.2) is 42.5 Å². The van der Waals surface area contributed by atoms with Gasteiger partial charge in [-0.2, -0.15) is 0 Å². The van der Waals surface area contributed by atoms with Crippen molar-refractivity contribution in [1.82, 2.24) is 0 Å². The number of unbranched alkanes of at least 4 members (excludes halogenated alkanes) is 4. The van der Waals surface area contributed by atoms with Gasteiger partial charge in [-0.15, -0.1) is 0 Å². The van der Waals surface area contributed by atoms with Gasteiger partial charge in [0.25, 0.3) is 0 Å². The SMILES string of the molecule is CCCCCCCC1CCc2cc(-c3ccc(C(=O)O)cc3)ccc2C1. The molecule has 0 saturated heterocycles. The average molecular weight is 351 g/mol. The Kier molecular flexibility index (Phi) is 6.49. The summed E-state index contributed by atoms with van der Waals surface area (Å²) in [6.45, 7) is 2.27. The number of benzene rings is 2. The fourth-order valence-corrected chi connectivity index (χ4v) is 4.10. The van der Waals surface area contributed by atoms with Crippen LogP contribution >= 0.6 is 0 Å². The molecular weight excluding hydrogens is 320 g/mol. The van der Waals surface area contributed by atoms with Crippen LogP contribution in [-0.4, -0.2) is 11.1 Å². The Morgan fingerprint density at radius 1 is 0.962 bits per heavy atom. The van der Waals surface area contributed by atoms with E-state index in [4.69, 9.17) is 5.11 Å². The molecule has 2 heteroatoms. The molecule has 2 aromatic carbocycles. The Bertz CT molecular complexity index is 730. The molecule has 26 heavy (non-hydrogen) atoms. The zero-order valence-electron chi connectivity index (χ0n) is 15.8. The van der Waals surface area contributed by atoms with Crippen molar-refractivity contribution in [2.75, 3.05) is 0 Å². The predicted molar refractivity (Wildman–Crippen MR) is 108 cm³/mol. The second-order valence-corrected chi connectivity index (χ2v) is 7.68. The van der Waals surface area contributed by atoms with Gasteiger partial charge in [-0.3, -0.25) is 0 Å². The minimum absolute atomic E-state index is 0.341. The summed E-state index contributed by atoms with van der Waals surface area (Å²) < 4.78 is 0. The summed E-state index contributed by atoms with van der Waals surface area (Å²) in [6.07, 6.45) is 11.9. The Labute approximate surface area is 157 Å². The molecule has 1 aliphatic rings. The number of aryl methyl sites for hydroxylation is 1. The molecule has 0 amide bonds. The van der Waals surface area contributed by atoms with Crippen molar-refractivity contribution < 1.29 is 9.90 Å². The molecule has 138 valence electrons. The van der Waals surface area contributed by atoms with Crippen LogP contribution < -0.4 is 0 Å². The van der Waals surface area contributed by atoms with Gasteiger partial charge < -0.3 is 5.11 Å². The number of carboxylic acid groups (broad SMARTS) is 1. The van der Waals surface area contributed by atoms with Gasteiger partial charge in [0.1, 0.15) is 0 Å². The Hall–Kier alpha value is -2.09. The van der Waals surface area contributed by atoms with E-state index in [9.17, 15) is 4.79 Å². The van der Waals surface area contributed by atoms with Crippen molar-refractivity contribution in [2.45, 2.75) is 64.7 Å². The molecule has 0 heterocycles. The summed E-state index contributed by atoms with van der Waals surface area (Å²) >= 11 is 0. The normalized spacial score (nSPS) is 16.3. The molecule has 1 atom stereocenters. The molecular formula is C24H30O2. The van der Waals surface area contributed by atoms with Crippen LogP contribution in [0, 0.1) is 5.92 Å². The van der Waals surface area contributed by atoms with E-state index < -0.39 is 5.97 Å². The first-order valence-electron chi connectivity index (χ1n) is 10.1. The highest BCUT2D eigenvalue weighted by molar-refractivity contribution is 5.88. The largest absolute Gasteiger partial charge is 0.478 e. The number of fused-ring (bicyclic) bond motifs is 1.